The lowest BCUT2D eigenvalue weighted by molar-refractivity contribution is 0.238. The first-order chi connectivity index (χ1) is 12.4. The van der Waals surface area contributed by atoms with Gasteiger partial charge in [0.05, 0.1) is 6.61 Å². The first-order valence-electron chi connectivity index (χ1n) is 8.85. The van der Waals surface area contributed by atoms with E-state index in [-0.39, 0.29) is 11.4 Å². The SMILES string of the molecule is CC(C)(C)c1ccc(OCCCNC(=O)NCc2ccccc2Cl)cc1. The number of benzene rings is 2. The van der Waals surface area contributed by atoms with Crippen molar-refractivity contribution in [2.24, 2.45) is 0 Å². The number of amides is 2. The van der Waals surface area contributed by atoms with Gasteiger partial charge in [-0.25, -0.2) is 4.79 Å². The molecule has 0 atom stereocenters. The zero-order valence-electron chi connectivity index (χ0n) is 15.6. The molecule has 26 heavy (non-hydrogen) atoms. The molecule has 0 radical (unpaired) electrons. The Morgan fingerprint density at radius 3 is 2.38 bits per heavy atom. The minimum absolute atomic E-state index is 0.139. The molecule has 2 rings (SSSR count). The summed E-state index contributed by atoms with van der Waals surface area (Å²) in [4.78, 5) is 11.8. The summed E-state index contributed by atoms with van der Waals surface area (Å²) in [5.41, 5.74) is 2.31. The Kier molecular flexibility index (Phi) is 7.34. The van der Waals surface area contributed by atoms with Crippen molar-refractivity contribution in [2.75, 3.05) is 13.2 Å². The molecule has 2 N–H and O–H groups in total. The van der Waals surface area contributed by atoms with E-state index in [1.54, 1.807) is 0 Å². The van der Waals surface area contributed by atoms with Crippen molar-refractivity contribution in [2.45, 2.75) is 39.2 Å². The number of halogens is 1. The van der Waals surface area contributed by atoms with Crippen LogP contribution in [0.25, 0.3) is 0 Å². The molecule has 0 bridgehead atoms. The Morgan fingerprint density at radius 2 is 1.73 bits per heavy atom. The summed E-state index contributed by atoms with van der Waals surface area (Å²) >= 11 is 6.06. The average molecular weight is 375 g/mol. The van der Waals surface area contributed by atoms with E-state index in [9.17, 15) is 4.79 Å². The van der Waals surface area contributed by atoms with Crippen molar-refractivity contribution < 1.29 is 9.53 Å². The van der Waals surface area contributed by atoms with Crippen LogP contribution in [0.4, 0.5) is 4.79 Å². The maximum Gasteiger partial charge on any atom is 0.315 e. The molecule has 0 aromatic heterocycles. The van der Waals surface area contributed by atoms with Crippen LogP contribution in [0.1, 0.15) is 38.3 Å². The Morgan fingerprint density at radius 1 is 1.04 bits per heavy atom. The number of hydrogen-bond donors (Lipinski definition) is 2. The smallest absolute Gasteiger partial charge is 0.315 e. The number of ether oxygens (including phenoxy) is 1. The zero-order chi connectivity index (χ0) is 19.0. The molecule has 5 heteroatoms. The summed E-state index contributed by atoms with van der Waals surface area (Å²) in [5, 5.41) is 6.26. The van der Waals surface area contributed by atoms with Crippen LogP contribution in [0.3, 0.4) is 0 Å². The van der Waals surface area contributed by atoms with Gasteiger partial charge in [-0.1, -0.05) is 62.7 Å². The summed E-state index contributed by atoms with van der Waals surface area (Å²) in [6.07, 6.45) is 0.737. The molecular formula is C21H27ClN2O2. The topological polar surface area (TPSA) is 50.4 Å². The van der Waals surface area contributed by atoms with Gasteiger partial charge in [-0.05, 0) is 41.2 Å². The van der Waals surface area contributed by atoms with Crippen molar-refractivity contribution >= 4 is 17.6 Å². The van der Waals surface area contributed by atoms with Crippen LogP contribution in [-0.4, -0.2) is 19.2 Å². The van der Waals surface area contributed by atoms with Crippen LogP contribution in [0.15, 0.2) is 48.5 Å². The molecule has 0 fully saturated rings. The van der Waals surface area contributed by atoms with Gasteiger partial charge in [0, 0.05) is 18.1 Å². The Balaban J connectivity index is 1.61. The minimum atomic E-state index is -0.209. The lowest BCUT2D eigenvalue weighted by atomic mass is 9.87. The van der Waals surface area contributed by atoms with Gasteiger partial charge in [-0.15, -0.1) is 0 Å². The molecule has 2 amide bonds. The highest BCUT2D eigenvalue weighted by Gasteiger charge is 2.12. The predicted octanol–water partition coefficient (Wildman–Crippen LogP) is 4.91. The van der Waals surface area contributed by atoms with Crippen LogP contribution in [0.2, 0.25) is 5.02 Å². The molecule has 0 saturated heterocycles. The fraction of sp³-hybridized carbons (Fsp3) is 0.381. The Labute approximate surface area is 160 Å². The molecule has 140 valence electrons. The fourth-order valence-corrected chi connectivity index (χ4v) is 2.60. The molecule has 0 aliphatic carbocycles. The molecule has 4 nitrogen and oxygen atoms in total. The van der Waals surface area contributed by atoms with Crippen molar-refractivity contribution in [1.82, 2.24) is 10.6 Å². The van der Waals surface area contributed by atoms with E-state index >= 15 is 0 Å². The van der Waals surface area contributed by atoms with Crippen molar-refractivity contribution in [1.29, 1.82) is 0 Å². The number of rotatable bonds is 7. The minimum Gasteiger partial charge on any atom is -0.494 e. The predicted molar refractivity (Wildman–Crippen MR) is 107 cm³/mol. The van der Waals surface area contributed by atoms with Gasteiger partial charge in [0.15, 0.2) is 0 Å². The van der Waals surface area contributed by atoms with Gasteiger partial charge in [0.25, 0.3) is 0 Å². The van der Waals surface area contributed by atoms with Crippen LogP contribution in [0.5, 0.6) is 5.75 Å². The summed E-state index contributed by atoms with van der Waals surface area (Å²) < 4.78 is 5.71. The molecule has 0 aliphatic heterocycles. The third-order valence-corrected chi connectivity index (χ3v) is 4.36. The number of urea groups is 1. The molecule has 2 aromatic carbocycles. The summed E-state index contributed by atoms with van der Waals surface area (Å²) in [6, 6.07) is 15.4. The van der Waals surface area contributed by atoms with E-state index in [0.29, 0.717) is 24.7 Å². The summed E-state index contributed by atoms with van der Waals surface area (Å²) in [5.74, 6) is 0.848. The number of carbonyl (C=O) groups excluding carboxylic acids is 1. The molecule has 2 aromatic rings. The van der Waals surface area contributed by atoms with Gasteiger partial charge in [0.1, 0.15) is 5.75 Å². The van der Waals surface area contributed by atoms with E-state index in [1.165, 1.54) is 5.56 Å². The van der Waals surface area contributed by atoms with Gasteiger partial charge in [-0.3, -0.25) is 0 Å². The quantitative estimate of drug-likeness (QED) is 0.677. The van der Waals surface area contributed by atoms with E-state index in [1.807, 2.05) is 36.4 Å². The lowest BCUT2D eigenvalue weighted by Gasteiger charge is -2.19. The first-order valence-corrected chi connectivity index (χ1v) is 9.22. The standard InChI is InChI=1S/C21H27ClN2O2/c1-21(2,3)17-9-11-18(12-10-17)26-14-6-13-23-20(25)24-15-16-7-4-5-8-19(16)22/h4-5,7-12H,6,13-15H2,1-3H3,(H2,23,24,25). The third-order valence-electron chi connectivity index (χ3n) is 3.99. The molecule has 0 spiro atoms. The van der Waals surface area contributed by atoms with E-state index in [2.05, 4.69) is 43.5 Å². The van der Waals surface area contributed by atoms with Gasteiger partial charge < -0.3 is 15.4 Å². The second kappa shape index (κ2) is 9.48. The van der Waals surface area contributed by atoms with Crippen molar-refractivity contribution in [3.63, 3.8) is 0 Å². The molecule has 0 aliphatic rings. The van der Waals surface area contributed by atoms with Crippen LogP contribution in [0, 0.1) is 0 Å². The van der Waals surface area contributed by atoms with Crippen molar-refractivity contribution in [3.8, 4) is 5.75 Å². The monoisotopic (exact) mass is 374 g/mol. The molecule has 0 heterocycles. The largest absolute Gasteiger partial charge is 0.494 e. The number of hydrogen-bond acceptors (Lipinski definition) is 2. The number of carbonyl (C=O) groups is 1. The Hall–Kier alpha value is -2.20. The summed E-state index contributed by atoms with van der Waals surface area (Å²) in [7, 11) is 0. The Bertz CT molecular complexity index is 709. The second-order valence-corrected chi connectivity index (χ2v) is 7.58. The highest BCUT2D eigenvalue weighted by Crippen LogP contribution is 2.24. The van der Waals surface area contributed by atoms with E-state index < -0.39 is 0 Å². The van der Waals surface area contributed by atoms with Gasteiger partial charge in [0.2, 0.25) is 0 Å². The maximum atomic E-state index is 11.8. The van der Waals surface area contributed by atoms with Crippen LogP contribution in [-0.2, 0) is 12.0 Å². The number of nitrogens with one attached hydrogen (secondary N) is 2. The zero-order valence-corrected chi connectivity index (χ0v) is 16.4. The van der Waals surface area contributed by atoms with E-state index in [4.69, 9.17) is 16.3 Å². The first kappa shape index (κ1) is 20.1. The molecule has 0 saturated carbocycles. The third kappa shape index (κ3) is 6.60. The van der Waals surface area contributed by atoms with Gasteiger partial charge >= 0.3 is 6.03 Å². The molecule has 0 unspecified atom stereocenters. The maximum absolute atomic E-state index is 11.8. The van der Waals surface area contributed by atoms with Crippen LogP contribution < -0.4 is 15.4 Å². The molecular weight excluding hydrogens is 348 g/mol. The highest BCUT2D eigenvalue weighted by molar-refractivity contribution is 6.31. The van der Waals surface area contributed by atoms with Crippen LogP contribution >= 0.6 is 11.6 Å². The van der Waals surface area contributed by atoms with Crippen molar-refractivity contribution in [3.05, 3.63) is 64.7 Å². The lowest BCUT2D eigenvalue weighted by Crippen LogP contribution is -2.36. The highest BCUT2D eigenvalue weighted by atomic mass is 35.5. The summed E-state index contributed by atoms with van der Waals surface area (Å²) in [6.45, 7) is 8.07. The average Bonchev–Trinajstić information content (AvgIpc) is 2.60. The second-order valence-electron chi connectivity index (χ2n) is 7.18. The normalized spacial score (nSPS) is 11.1. The van der Waals surface area contributed by atoms with Gasteiger partial charge in [-0.2, -0.15) is 0 Å². The fourth-order valence-electron chi connectivity index (χ4n) is 2.40. The van der Waals surface area contributed by atoms with E-state index in [0.717, 1.165) is 17.7 Å².